The number of piperidine rings is 1. The van der Waals surface area contributed by atoms with Crippen molar-refractivity contribution >= 4 is 24.2 Å². The highest BCUT2D eigenvalue weighted by Gasteiger charge is 2.38. The Labute approximate surface area is 146 Å². The van der Waals surface area contributed by atoms with Crippen LogP contribution in [-0.2, 0) is 9.59 Å². The first kappa shape index (κ1) is 20.2. The predicted octanol–water partition coefficient (Wildman–Crippen LogP) is 1.89. The van der Waals surface area contributed by atoms with Gasteiger partial charge in [-0.1, -0.05) is 20.8 Å². The van der Waals surface area contributed by atoms with Crippen molar-refractivity contribution in [1.29, 1.82) is 0 Å². The second kappa shape index (κ2) is 8.34. The Hall–Kier alpha value is -0.810. The first-order valence-corrected chi connectivity index (χ1v) is 8.68. The van der Waals surface area contributed by atoms with Crippen molar-refractivity contribution in [2.24, 2.45) is 23.0 Å². The Morgan fingerprint density at radius 2 is 2.00 bits per heavy atom. The third-order valence-electron chi connectivity index (χ3n) is 5.48. The molecule has 0 radical (unpaired) electrons. The molecule has 2 fully saturated rings. The fraction of sp³-hybridized carbons (Fsp3) is 0.882. The molecule has 2 heterocycles. The summed E-state index contributed by atoms with van der Waals surface area (Å²) in [5.74, 6) is 0.454. The van der Waals surface area contributed by atoms with E-state index < -0.39 is 0 Å². The summed E-state index contributed by atoms with van der Waals surface area (Å²) < 4.78 is 0. The summed E-state index contributed by atoms with van der Waals surface area (Å²) in [5, 5.41) is 0. The largest absolute Gasteiger partial charge is 0.342 e. The molecule has 3 atom stereocenters. The third kappa shape index (κ3) is 4.60. The summed E-state index contributed by atoms with van der Waals surface area (Å²) in [5.41, 5.74) is 5.89. The number of rotatable bonds is 4. The van der Waals surface area contributed by atoms with Gasteiger partial charge in [0.15, 0.2) is 0 Å². The lowest BCUT2D eigenvalue weighted by Gasteiger charge is -2.35. The van der Waals surface area contributed by atoms with Crippen molar-refractivity contribution < 1.29 is 9.59 Å². The summed E-state index contributed by atoms with van der Waals surface area (Å²) in [6, 6.07) is 0. The maximum atomic E-state index is 12.8. The summed E-state index contributed by atoms with van der Waals surface area (Å²) >= 11 is 0. The second-order valence-corrected chi connectivity index (χ2v) is 7.46. The van der Waals surface area contributed by atoms with E-state index in [2.05, 4.69) is 6.92 Å². The van der Waals surface area contributed by atoms with Crippen molar-refractivity contribution in [1.82, 2.24) is 9.80 Å². The molecule has 0 aromatic rings. The Kier molecular flexibility index (Phi) is 7.33. The van der Waals surface area contributed by atoms with Gasteiger partial charge in [0, 0.05) is 32.1 Å². The quantitative estimate of drug-likeness (QED) is 0.846. The molecular weight excluding hydrogens is 314 g/mol. The van der Waals surface area contributed by atoms with Crippen LogP contribution in [0.2, 0.25) is 0 Å². The highest BCUT2D eigenvalue weighted by Crippen LogP contribution is 2.31. The zero-order chi connectivity index (χ0) is 16.3. The molecule has 2 amide bonds. The molecule has 23 heavy (non-hydrogen) atoms. The van der Waals surface area contributed by atoms with Gasteiger partial charge in [-0.05, 0) is 37.6 Å². The molecule has 0 aromatic carbocycles. The smallest absolute Gasteiger partial charge is 0.227 e. The van der Waals surface area contributed by atoms with Crippen LogP contribution >= 0.6 is 12.4 Å². The number of likely N-dealkylation sites (tertiary alicyclic amines) is 2. The van der Waals surface area contributed by atoms with Crippen LogP contribution in [0.5, 0.6) is 0 Å². The molecule has 2 aliphatic rings. The van der Waals surface area contributed by atoms with Gasteiger partial charge in [0.05, 0.1) is 5.92 Å². The van der Waals surface area contributed by atoms with Gasteiger partial charge >= 0.3 is 0 Å². The standard InChI is InChI=1S/C17H31N3O2.ClH/c1-4-13(2)15(21)19-8-5-6-14(10-19)16(22)20-9-7-17(3,11-18)12-20;/h13-14H,4-12,18H2,1-3H3;1H. The SMILES string of the molecule is CCC(C)C(=O)N1CCCC(C(=O)N2CCC(C)(CN)C2)C1.Cl. The second-order valence-electron chi connectivity index (χ2n) is 7.46. The van der Waals surface area contributed by atoms with E-state index in [9.17, 15) is 9.59 Å². The monoisotopic (exact) mass is 345 g/mol. The van der Waals surface area contributed by atoms with Crippen LogP contribution in [0.25, 0.3) is 0 Å². The maximum absolute atomic E-state index is 12.8. The fourth-order valence-corrected chi connectivity index (χ4v) is 3.50. The number of carbonyl (C=O) groups excluding carboxylic acids is 2. The molecule has 0 aliphatic carbocycles. The van der Waals surface area contributed by atoms with Gasteiger partial charge in [-0.25, -0.2) is 0 Å². The van der Waals surface area contributed by atoms with Crippen LogP contribution in [-0.4, -0.2) is 54.3 Å². The average Bonchev–Trinajstić information content (AvgIpc) is 2.96. The average molecular weight is 346 g/mol. The Bertz CT molecular complexity index is 432. The molecule has 3 unspecified atom stereocenters. The molecule has 2 rings (SSSR count). The molecule has 2 saturated heterocycles. The number of hydrogen-bond donors (Lipinski definition) is 1. The molecule has 134 valence electrons. The van der Waals surface area contributed by atoms with Gasteiger partial charge in [-0.3, -0.25) is 9.59 Å². The summed E-state index contributed by atoms with van der Waals surface area (Å²) in [6.07, 6.45) is 3.67. The van der Waals surface area contributed by atoms with Crippen LogP contribution < -0.4 is 5.73 Å². The molecule has 6 heteroatoms. The van der Waals surface area contributed by atoms with Crippen molar-refractivity contribution in [3.63, 3.8) is 0 Å². The van der Waals surface area contributed by atoms with E-state index in [4.69, 9.17) is 5.73 Å². The van der Waals surface area contributed by atoms with E-state index in [-0.39, 0.29) is 41.5 Å². The van der Waals surface area contributed by atoms with Crippen LogP contribution in [0.15, 0.2) is 0 Å². The predicted molar refractivity (Wildman–Crippen MR) is 94.4 cm³/mol. The first-order valence-electron chi connectivity index (χ1n) is 8.68. The minimum atomic E-state index is -0.0260. The van der Waals surface area contributed by atoms with E-state index in [1.165, 1.54) is 0 Å². The number of halogens is 1. The lowest BCUT2D eigenvalue weighted by atomic mass is 9.90. The lowest BCUT2D eigenvalue weighted by Crippen LogP contribution is -2.48. The van der Waals surface area contributed by atoms with Gasteiger partial charge in [0.2, 0.25) is 11.8 Å². The van der Waals surface area contributed by atoms with E-state index >= 15 is 0 Å². The molecule has 5 nitrogen and oxygen atoms in total. The molecule has 0 saturated carbocycles. The Morgan fingerprint density at radius 1 is 1.30 bits per heavy atom. The Morgan fingerprint density at radius 3 is 2.57 bits per heavy atom. The van der Waals surface area contributed by atoms with Crippen LogP contribution in [0.4, 0.5) is 0 Å². The zero-order valence-electron chi connectivity index (χ0n) is 14.7. The van der Waals surface area contributed by atoms with Crippen LogP contribution in [0, 0.1) is 17.3 Å². The minimum Gasteiger partial charge on any atom is -0.342 e. The molecule has 2 N–H and O–H groups in total. The summed E-state index contributed by atoms with van der Waals surface area (Å²) in [6.45, 7) is 9.75. The van der Waals surface area contributed by atoms with E-state index in [0.717, 1.165) is 45.3 Å². The van der Waals surface area contributed by atoms with Gasteiger partial charge in [0.1, 0.15) is 0 Å². The van der Waals surface area contributed by atoms with E-state index in [0.29, 0.717) is 13.1 Å². The fourth-order valence-electron chi connectivity index (χ4n) is 3.50. The van der Waals surface area contributed by atoms with Crippen molar-refractivity contribution in [3.8, 4) is 0 Å². The van der Waals surface area contributed by atoms with Gasteiger partial charge < -0.3 is 15.5 Å². The molecule has 2 aliphatic heterocycles. The van der Waals surface area contributed by atoms with Crippen LogP contribution in [0.1, 0.15) is 46.5 Å². The molecule has 0 aromatic heterocycles. The lowest BCUT2D eigenvalue weighted by molar-refractivity contribution is -0.142. The maximum Gasteiger partial charge on any atom is 0.227 e. The number of nitrogens with zero attached hydrogens (tertiary/aromatic N) is 2. The zero-order valence-corrected chi connectivity index (χ0v) is 15.5. The van der Waals surface area contributed by atoms with Crippen LogP contribution in [0.3, 0.4) is 0 Å². The summed E-state index contributed by atoms with van der Waals surface area (Å²) in [7, 11) is 0. The third-order valence-corrected chi connectivity index (χ3v) is 5.48. The molecular formula is C17H32ClN3O2. The minimum absolute atomic E-state index is 0. The van der Waals surface area contributed by atoms with Crippen molar-refractivity contribution in [2.75, 3.05) is 32.7 Å². The number of carbonyl (C=O) groups is 2. The molecule has 0 bridgehead atoms. The normalized spacial score (nSPS) is 29.1. The molecule has 0 spiro atoms. The van der Waals surface area contributed by atoms with Crippen molar-refractivity contribution in [3.05, 3.63) is 0 Å². The van der Waals surface area contributed by atoms with E-state index in [1.807, 2.05) is 23.6 Å². The first-order chi connectivity index (χ1) is 10.4. The number of nitrogens with two attached hydrogens (primary N) is 1. The van der Waals surface area contributed by atoms with Gasteiger partial charge in [-0.15, -0.1) is 12.4 Å². The van der Waals surface area contributed by atoms with Gasteiger partial charge in [0.25, 0.3) is 0 Å². The Balaban J connectivity index is 0.00000264. The topological polar surface area (TPSA) is 66.6 Å². The summed E-state index contributed by atoms with van der Waals surface area (Å²) in [4.78, 5) is 29.0. The number of amides is 2. The highest BCUT2D eigenvalue weighted by atomic mass is 35.5. The number of hydrogen-bond acceptors (Lipinski definition) is 3. The van der Waals surface area contributed by atoms with Crippen molar-refractivity contribution in [2.45, 2.75) is 46.5 Å². The highest BCUT2D eigenvalue weighted by molar-refractivity contribution is 5.85. The van der Waals surface area contributed by atoms with E-state index in [1.54, 1.807) is 0 Å². The van der Waals surface area contributed by atoms with Gasteiger partial charge in [-0.2, -0.15) is 0 Å².